The van der Waals surface area contributed by atoms with Crippen LogP contribution in [0, 0.1) is 0 Å². The maximum absolute atomic E-state index is 12.2. The Balaban J connectivity index is 2.27. The molecule has 0 aliphatic rings. The van der Waals surface area contributed by atoms with E-state index >= 15 is 0 Å². The third kappa shape index (κ3) is 3.83. The lowest BCUT2D eigenvalue weighted by molar-refractivity contribution is -0.139. The maximum Gasteiger partial charge on any atom is 0.330 e. The Morgan fingerprint density at radius 1 is 1.14 bits per heavy atom. The summed E-state index contributed by atoms with van der Waals surface area (Å²) in [5.74, 6) is -1.65. The monoisotopic (exact) mass is 367 g/mol. The van der Waals surface area contributed by atoms with Gasteiger partial charge in [0.15, 0.2) is 6.04 Å². The van der Waals surface area contributed by atoms with E-state index in [9.17, 15) is 14.7 Å². The van der Waals surface area contributed by atoms with Crippen LogP contribution in [0.5, 0.6) is 0 Å². The highest BCUT2D eigenvalue weighted by atomic mass is 79.9. The van der Waals surface area contributed by atoms with Gasteiger partial charge in [-0.15, -0.1) is 0 Å². The topological polar surface area (TPSA) is 66.4 Å². The fourth-order valence-corrected chi connectivity index (χ4v) is 2.41. The lowest BCUT2D eigenvalue weighted by Gasteiger charge is -2.15. The van der Waals surface area contributed by atoms with Crippen molar-refractivity contribution in [3.63, 3.8) is 0 Å². The molecule has 0 fully saturated rings. The highest BCUT2D eigenvalue weighted by molar-refractivity contribution is 9.10. The molecule has 0 saturated heterocycles. The molecule has 2 aromatic carbocycles. The number of halogens is 2. The molecule has 2 aromatic rings. The first-order valence-electron chi connectivity index (χ1n) is 6.02. The number of benzene rings is 2. The van der Waals surface area contributed by atoms with Crippen molar-refractivity contribution in [1.29, 1.82) is 0 Å². The van der Waals surface area contributed by atoms with Gasteiger partial charge in [-0.25, -0.2) is 4.79 Å². The SMILES string of the molecule is O=C(N[C@@H](C(=O)O)c1ccccc1)c1cc(Cl)ccc1Br. The molecule has 0 radical (unpaired) electrons. The minimum Gasteiger partial charge on any atom is -0.479 e. The zero-order valence-corrected chi connectivity index (χ0v) is 13.1. The molecule has 0 aromatic heterocycles. The number of carbonyl (C=O) groups is 2. The quantitative estimate of drug-likeness (QED) is 0.865. The van der Waals surface area contributed by atoms with Crippen LogP contribution in [0.25, 0.3) is 0 Å². The summed E-state index contributed by atoms with van der Waals surface area (Å²) in [5, 5.41) is 12.2. The lowest BCUT2D eigenvalue weighted by atomic mass is 10.1. The molecule has 0 aliphatic heterocycles. The van der Waals surface area contributed by atoms with Gasteiger partial charge in [-0.1, -0.05) is 41.9 Å². The molecule has 2 rings (SSSR count). The third-order valence-corrected chi connectivity index (χ3v) is 3.75. The van der Waals surface area contributed by atoms with E-state index in [1.165, 1.54) is 6.07 Å². The Bertz CT molecular complexity index is 676. The van der Waals surface area contributed by atoms with Crippen molar-refractivity contribution < 1.29 is 14.7 Å². The number of rotatable bonds is 4. The Kier molecular flexibility index (Phi) is 4.98. The smallest absolute Gasteiger partial charge is 0.330 e. The molecule has 0 heterocycles. The van der Waals surface area contributed by atoms with E-state index in [-0.39, 0.29) is 5.56 Å². The largest absolute Gasteiger partial charge is 0.479 e. The highest BCUT2D eigenvalue weighted by Gasteiger charge is 2.23. The van der Waals surface area contributed by atoms with E-state index < -0.39 is 17.9 Å². The number of hydrogen-bond acceptors (Lipinski definition) is 2. The Morgan fingerprint density at radius 2 is 1.81 bits per heavy atom. The molecule has 21 heavy (non-hydrogen) atoms. The van der Waals surface area contributed by atoms with Crippen molar-refractivity contribution in [2.24, 2.45) is 0 Å². The van der Waals surface area contributed by atoms with Gasteiger partial charge in [0, 0.05) is 9.50 Å². The van der Waals surface area contributed by atoms with Crippen molar-refractivity contribution in [3.8, 4) is 0 Å². The molecular formula is C15H11BrClNO3. The first-order chi connectivity index (χ1) is 9.99. The molecule has 0 saturated carbocycles. The second-order valence-corrected chi connectivity index (χ2v) is 5.57. The molecule has 0 bridgehead atoms. The highest BCUT2D eigenvalue weighted by Crippen LogP contribution is 2.22. The summed E-state index contributed by atoms with van der Waals surface area (Å²) >= 11 is 9.11. The molecule has 0 unspecified atom stereocenters. The van der Waals surface area contributed by atoms with Crippen molar-refractivity contribution in [2.45, 2.75) is 6.04 Å². The van der Waals surface area contributed by atoms with Gasteiger partial charge in [0.1, 0.15) is 0 Å². The summed E-state index contributed by atoms with van der Waals surface area (Å²) in [7, 11) is 0. The van der Waals surface area contributed by atoms with E-state index in [4.69, 9.17) is 11.6 Å². The summed E-state index contributed by atoms with van der Waals surface area (Å²) in [5.41, 5.74) is 0.779. The molecule has 1 amide bonds. The van der Waals surface area contributed by atoms with Gasteiger partial charge in [0.2, 0.25) is 0 Å². The van der Waals surface area contributed by atoms with E-state index in [1.807, 2.05) is 0 Å². The summed E-state index contributed by atoms with van der Waals surface area (Å²) in [6, 6.07) is 12.1. The molecule has 2 N–H and O–H groups in total. The first kappa shape index (κ1) is 15.5. The van der Waals surface area contributed by atoms with Gasteiger partial charge in [0.25, 0.3) is 5.91 Å². The fraction of sp³-hybridized carbons (Fsp3) is 0.0667. The molecule has 108 valence electrons. The molecule has 4 nitrogen and oxygen atoms in total. The van der Waals surface area contributed by atoms with Crippen LogP contribution >= 0.6 is 27.5 Å². The van der Waals surface area contributed by atoms with Crippen LogP contribution in [0.4, 0.5) is 0 Å². The van der Waals surface area contributed by atoms with Crippen LogP contribution in [-0.4, -0.2) is 17.0 Å². The minimum atomic E-state index is -1.13. The molecular weight excluding hydrogens is 358 g/mol. The summed E-state index contributed by atoms with van der Waals surface area (Å²) in [6.07, 6.45) is 0. The fourth-order valence-electron chi connectivity index (χ4n) is 1.81. The van der Waals surface area contributed by atoms with E-state index in [0.29, 0.717) is 15.1 Å². The Morgan fingerprint density at radius 3 is 2.43 bits per heavy atom. The number of carboxylic acid groups (broad SMARTS) is 1. The van der Waals surface area contributed by atoms with Gasteiger partial charge in [0.05, 0.1) is 5.56 Å². The van der Waals surface area contributed by atoms with E-state index in [2.05, 4.69) is 21.2 Å². The van der Waals surface area contributed by atoms with Crippen LogP contribution < -0.4 is 5.32 Å². The van der Waals surface area contributed by atoms with Crippen molar-refractivity contribution in [2.75, 3.05) is 0 Å². The van der Waals surface area contributed by atoms with Crippen LogP contribution in [0.2, 0.25) is 5.02 Å². The minimum absolute atomic E-state index is 0.282. The van der Waals surface area contributed by atoms with E-state index in [1.54, 1.807) is 42.5 Å². The standard InChI is InChI=1S/C15H11BrClNO3/c16-12-7-6-10(17)8-11(12)14(19)18-13(15(20)21)9-4-2-1-3-5-9/h1-8,13H,(H,18,19)(H,20,21)/t13-/m1/s1. The van der Waals surface area contributed by atoms with Crippen LogP contribution in [-0.2, 0) is 4.79 Å². The van der Waals surface area contributed by atoms with Crippen LogP contribution in [0.3, 0.4) is 0 Å². The summed E-state index contributed by atoms with van der Waals surface area (Å²) in [4.78, 5) is 23.6. The molecule has 0 spiro atoms. The van der Waals surface area contributed by atoms with Crippen LogP contribution in [0.15, 0.2) is 53.0 Å². The second kappa shape index (κ2) is 6.74. The Hall–Kier alpha value is -1.85. The summed E-state index contributed by atoms with van der Waals surface area (Å²) in [6.45, 7) is 0. The normalized spacial score (nSPS) is 11.7. The summed E-state index contributed by atoms with van der Waals surface area (Å²) < 4.78 is 0.543. The van der Waals surface area contributed by atoms with Crippen molar-refractivity contribution in [3.05, 3.63) is 69.2 Å². The van der Waals surface area contributed by atoms with E-state index in [0.717, 1.165) is 0 Å². The zero-order valence-electron chi connectivity index (χ0n) is 10.7. The number of nitrogens with one attached hydrogen (secondary N) is 1. The van der Waals surface area contributed by atoms with Gasteiger partial charge >= 0.3 is 5.97 Å². The molecule has 1 atom stereocenters. The van der Waals surface area contributed by atoms with Gasteiger partial charge in [-0.05, 0) is 39.7 Å². The first-order valence-corrected chi connectivity index (χ1v) is 7.20. The number of aliphatic carboxylic acids is 1. The second-order valence-electron chi connectivity index (χ2n) is 4.28. The van der Waals surface area contributed by atoms with Gasteiger partial charge in [-0.2, -0.15) is 0 Å². The van der Waals surface area contributed by atoms with Gasteiger partial charge < -0.3 is 10.4 Å². The third-order valence-electron chi connectivity index (χ3n) is 2.83. The predicted molar refractivity (Wildman–Crippen MR) is 83.4 cm³/mol. The molecule has 6 heteroatoms. The van der Waals surface area contributed by atoms with Crippen molar-refractivity contribution >= 4 is 39.4 Å². The number of amides is 1. The average Bonchev–Trinajstić information content (AvgIpc) is 2.47. The van der Waals surface area contributed by atoms with Gasteiger partial charge in [-0.3, -0.25) is 4.79 Å². The Labute approximate surface area is 134 Å². The lowest BCUT2D eigenvalue weighted by Crippen LogP contribution is -2.33. The average molecular weight is 369 g/mol. The van der Waals surface area contributed by atoms with Crippen molar-refractivity contribution in [1.82, 2.24) is 5.32 Å². The number of carboxylic acids is 1. The number of hydrogen-bond donors (Lipinski definition) is 2. The zero-order chi connectivity index (χ0) is 15.4. The number of carbonyl (C=O) groups excluding carboxylic acids is 1. The predicted octanol–water partition coefficient (Wildman–Crippen LogP) is 3.66. The molecule has 0 aliphatic carbocycles. The van der Waals surface area contributed by atoms with Crippen LogP contribution in [0.1, 0.15) is 22.0 Å². The maximum atomic E-state index is 12.2.